The third kappa shape index (κ3) is 4.53. The van der Waals surface area contributed by atoms with Crippen LogP contribution in [-0.4, -0.2) is 59.8 Å². The average Bonchev–Trinajstić information content (AvgIpc) is 3.18. The SMILES string of the molecule is CN(C(=O)CSc1nnc(-c2cccc(Cl)c2)o1)[C@H]1CCS(=O)(=O)C1. The molecule has 7 nitrogen and oxygen atoms in total. The Bertz CT molecular complexity index is 884. The van der Waals surface area contributed by atoms with Gasteiger partial charge in [-0.2, -0.15) is 0 Å². The number of carbonyl (C=O) groups excluding carboxylic acids is 1. The topological polar surface area (TPSA) is 93.4 Å². The number of thioether (sulfide) groups is 1. The highest BCUT2D eigenvalue weighted by atomic mass is 35.5. The first-order chi connectivity index (χ1) is 11.8. The summed E-state index contributed by atoms with van der Waals surface area (Å²) in [7, 11) is -1.40. The summed E-state index contributed by atoms with van der Waals surface area (Å²) in [6, 6.07) is 6.77. The van der Waals surface area contributed by atoms with Gasteiger partial charge in [-0.3, -0.25) is 4.79 Å². The second-order valence-electron chi connectivity index (χ2n) is 5.73. The van der Waals surface area contributed by atoms with Gasteiger partial charge < -0.3 is 9.32 Å². The summed E-state index contributed by atoms with van der Waals surface area (Å²) in [5.74, 6) is 0.417. The van der Waals surface area contributed by atoms with Crippen molar-refractivity contribution in [1.82, 2.24) is 15.1 Å². The predicted octanol–water partition coefficient (Wildman–Crippen LogP) is 2.13. The molecule has 0 radical (unpaired) electrons. The molecule has 0 saturated carbocycles. The number of halogens is 1. The molecule has 1 aromatic heterocycles. The lowest BCUT2D eigenvalue weighted by Gasteiger charge is -2.22. The van der Waals surface area contributed by atoms with Crippen molar-refractivity contribution in [3.63, 3.8) is 0 Å². The highest BCUT2D eigenvalue weighted by Gasteiger charge is 2.32. The molecular weight excluding hydrogens is 386 g/mol. The van der Waals surface area contributed by atoms with Crippen molar-refractivity contribution in [2.24, 2.45) is 0 Å². The van der Waals surface area contributed by atoms with E-state index < -0.39 is 9.84 Å². The van der Waals surface area contributed by atoms with Crippen LogP contribution in [0.15, 0.2) is 33.9 Å². The molecule has 1 saturated heterocycles. The Balaban J connectivity index is 1.58. The normalized spacial score (nSPS) is 19.0. The smallest absolute Gasteiger partial charge is 0.277 e. The van der Waals surface area contributed by atoms with E-state index >= 15 is 0 Å². The molecule has 10 heteroatoms. The molecule has 0 spiro atoms. The second-order valence-corrected chi connectivity index (χ2v) is 9.33. The Hall–Kier alpha value is -1.58. The first-order valence-electron chi connectivity index (χ1n) is 7.52. The van der Waals surface area contributed by atoms with Gasteiger partial charge in [-0.05, 0) is 24.6 Å². The number of aromatic nitrogens is 2. The van der Waals surface area contributed by atoms with Gasteiger partial charge in [-0.15, -0.1) is 10.2 Å². The van der Waals surface area contributed by atoms with Crippen LogP contribution >= 0.6 is 23.4 Å². The molecule has 0 bridgehead atoms. The number of nitrogens with zero attached hydrogens (tertiary/aromatic N) is 3. The van der Waals surface area contributed by atoms with Gasteiger partial charge in [-0.1, -0.05) is 29.4 Å². The Morgan fingerprint density at radius 3 is 2.92 bits per heavy atom. The van der Waals surface area contributed by atoms with Crippen LogP contribution in [0, 0.1) is 0 Å². The Morgan fingerprint density at radius 2 is 2.24 bits per heavy atom. The number of carbonyl (C=O) groups is 1. The zero-order chi connectivity index (χ0) is 18.0. The molecule has 1 aliphatic heterocycles. The van der Waals surface area contributed by atoms with Crippen LogP contribution in [0.25, 0.3) is 11.5 Å². The highest BCUT2D eigenvalue weighted by Crippen LogP contribution is 2.25. The molecule has 2 aromatic rings. The molecule has 134 valence electrons. The molecule has 1 aliphatic rings. The number of benzene rings is 1. The van der Waals surface area contributed by atoms with Crippen LogP contribution in [0.2, 0.25) is 5.02 Å². The van der Waals surface area contributed by atoms with E-state index in [4.69, 9.17) is 16.0 Å². The van der Waals surface area contributed by atoms with Gasteiger partial charge in [0.15, 0.2) is 9.84 Å². The van der Waals surface area contributed by atoms with E-state index in [2.05, 4.69) is 10.2 Å². The van der Waals surface area contributed by atoms with Crippen LogP contribution in [0.4, 0.5) is 0 Å². The van der Waals surface area contributed by atoms with Crippen LogP contribution in [0.1, 0.15) is 6.42 Å². The van der Waals surface area contributed by atoms with Gasteiger partial charge in [0.1, 0.15) is 0 Å². The van der Waals surface area contributed by atoms with Crippen molar-refractivity contribution < 1.29 is 17.6 Å². The third-order valence-electron chi connectivity index (χ3n) is 3.95. The minimum atomic E-state index is -3.02. The maximum atomic E-state index is 12.2. The molecule has 1 atom stereocenters. The fraction of sp³-hybridized carbons (Fsp3) is 0.400. The number of hydrogen-bond donors (Lipinski definition) is 0. The van der Waals surface area contributed by atoms with Gasteiger partial charge >= 0.3 is 0 Å². The Morgan fingerprint density at radius 1 is 1.44 bits per heavy atom. The van der Waals surface area contributed by atoms with Crippen molar-refractivity contribution in [2.75, 3.05) is 24.3 Å². The van der Waals surface area contributed by atoms with Crippen LogP contribution in [0.3, 0.4) is 0 Å². The lowest BCUT2D eigenvalue weighted by molar-refractivity contribution is -0.128. The van der Waals surface area contributed by atoms with E-state index in [1.165, 1.54) is 4.90 Å². The van der Waals surface area contributed by atoms with Gasteiger partial charge in [-0.25, -0.2) is 8.42 Å². The summed E-state index contributed by atoms with van der Waals surface area (Å²) >= 11 is 7.05. The molecule has 0 aliphatic carbocycles. The fourth-order valence-electron chi connectivity index (χ4n) is 2.52. The first kappa shape index (κ1) is 18.2. The van der Waals surface area contributed by atoms with E-state index in [0.717, 1.165) is 11.8 Å². The lowest BCUT2D eigenvalue weighted by Crippen LogP contribution is -2.38. The molecule has 2 heterocycles. The predicted molar refractivity (Wildman–Crippen MR) is 95.3 cm³/mol. The van der Waals surface area contributed by atoms with Gasteiger partial charge in [0, 0.05) is 23.7 Å². The van der Waals surface area contributed by atoms with Crippen LogP contribution < -0.4 is 0 Å². The number of amides is 1. The van der Waals surface area contributed by atoms with E-state index in [9.17, 15) is 13.2 Å². The average molecular weight is 402 g/mol. The molecule has 0 unspecified atom stereocenters. The highest BCUT2D eigenvalue weighted by molar-refractivity contribution is 7.99. The monoisotopic (exact) mass is 401 g/mol. The fourth-order valence-corrected chi connectivity index (χ4v) is 5.17. The molecule has 1 amide bonds. The standard InChI is InChI=1S/C15H16ClN3O4S2/c1-19(12-5-6-25(21,22)9-12)13(20)8-24-15-18-17-14(23-15)10-3-2-4-11(16)7-10/h2-4,7,12H,5-6,8-9H2,1H3/t12-/m0/s1. The summed E-state index contributed by atoms with van der Waals surface area (Å²) in [4.78, 5) is 13.7. The van der Waals surface area contributed by atoms with Crippen molar-refractivity contribution in [3.8, 4) is 11.5 Å². The molecule has 3 rings (SSSR count). The van der Waals surface area contributed by atoms with E-state index in [0.29, 0.717) is 22.9 Å². The summed E-state index contributed by atoms with van der Waals surface area (Å²) < 4.78 is 28.6. The van der Waals surface area contributed by atoms with Crippen LogP contribution in [-0.2, 0) is 14.6 Å². The number of sulfone groups is 1. The zero-order valence-electron chi connectivity index (χ0n) is 13.4. The summed E-state index contributed by atoms with van der Waals surface area (Å²) in [5.41, 5.74) is 0.700. The Kier molecular flexibility index (Phi) is 5.35. The summed E-state index contributed by atoms with van der Waals surface area (Å²) in [6.45, 7) is 0. The van der Waals surface area contributed by atoms with E-state index in [1.54, 1.807) is 31.3 Å². The summed E-state index contributed by atoms with van der Waals surface area (Å²) in [6.07, 6.45) is 0.481. The number of rotatable bonds is 5. The quantitative estimate of drug-likeness (QED) is 0.708. The zero-order valence-corrected chi connectivity index (χ0v) is 15.8. The van der Waals surface area contributed by atoms with Crippen molar-refractivity contribution in [2.45, 2.75) is 17.7 Å². The maximum absolute atomic E-state index is 12.2. The van der Waals surface area contributed by atoms with Gasteiger partial charge in [0.25, 0.3) is 5.22 Å². The number of hydrogen-bond acceptors (Lipinski definition) is 7. The molecule has 25 heavy (non-hydrogen) atoms. The minimum absolute atomic E-state index is 0.0272. The molecule has 0 N–H and O–H groups in total. The van der Waals surface area contributed by atoms with Gasteiger partial charge in [0.2, 0.25) is 11.8 Å². The van der Waals surface area contributed by atoms with Gasteiger partial charge in [0.05, 0.1) is 17.3 Å². The van der Waals surface area contributed by atoms with E-state index in [1.807, 2.05) is 0 Å². The van der Waals surface area contributed by atoms with Crippen molar-refractivity contribution in [3.05, 3.63) is 29.3 Å². The van der Waals surface area contributed by atoms with Crippen LogP contribution in [0.5, 0.6) is 0 Å². The maximum Gasteiger partial charge on any atom is 0.277 e. The van der Waals surface area contributed by atoms with Crippen molar-refractivity contribution >= 4 is 39.1 Å². The molecular formula is C15H16ClN3O4S2. The van der Waals surface area contributed by atoms with E-state index in [-0.39, 0.29) is 34.4 Å². The largest absolute Gasteiger partial charge is 0.411 e. The lowest BCUT2D eigenvalue weighted by atomic mass is 10.2. The minimum Gasteiger partial charge on any atom is -0.411 e. The summed E-state index contributed by atoms with van der Waals surface area (Å²) in [5, 5.41) is 8.69. The third-order valence-corrected chi connectivity index (χ3v) is 6.74. The first-order valence-corrected chi connectivity index (χ1v) is 10.7. The van der Waals surface area contributed by atoms with Crippen molar-refractivity contribution in [1.29, 1.82) is 0 Å². The molecule has 1 aromatic carbocycles. The second kappa shape index (κ2) is 7.35. The molecule has 1 fully saturated rings. The Labute approximate surface area is 154 Å².